The van der Waals surface area contributed by atoms with E-state index in [2.05, 4.69) is 9.97 Å². The normalized spacial score (nSPS) is 22.2. The third-order valence-corrected chi connectivity index (χ3v) is 3.09. The molecule has 0 atom stereocenters. The van der Waals surface area contributed by atoms with Gasteiger partial charge in [-0.2, -0.15) is 0 Å². The molecule has 1 aliphatic heterocycles. The lowest BCUT2D eigenvalue weighted by Gasteiger charge is -2.19. The van der Waals surface area contributed by atoms with Crippen LogP contribution in [0.4, 0.5) is 5.82 Å². The lowest BCUT2D eigenvalue weighted by Crippen LogP contribution is -2.26. The number of hydrogen-bond donors (Lipinski definition) is 2. The Kier molecular flexibility index (Phi) is 1.75. The summed E-state index contributed by atoms with van der Waals surface area (Å²) in [7, 11) is 0. The fourth-order valence-electron chi connectivity index (χ4n) is 1.87. The molecule has 0 spiro atoms. The molecule has 0 aromatic carbocycles. The van der Waals surface area contributed by atoms with Gasteiger partial charge in [0.25, 0.3) is 0 Å². The van der Waals surface area contributed by atoms with Gasteiger partial charge in [-0.3, -0.25) is 0 Å². The molecule has 4 N–H and O–H groups in total. The van der Waals surface area contributed by atoms with Crippen molar-refractivity contribution in [1.29, 1.82) is 0 Å². The number of fused-ring (bicyclic) bond motifs is 1. The predicted octanol–water partition coefficient (Wildman–Crippen LogP) is 0.0793. The summed E-state index contributed by atoms with van der Waals surface area (Å²) in [6.07, 6.45) is 2.71. The molecule has 5 nitrogen and oxygen atoms in total. The van der Waals surface area contributed by atoms with E-state index in [4.69, 9.17) is 16.2 Å². The summed E-state index contributed by atoms with van der Waals surface area (Å²) in [5.41, 5.74) is 13.6. The molecule has 1 aliphatic carbocycles. The van der Waals surface area contributed by atoms with Crippen LogP contribution in [-0.4, -0.2) is 16.6 Å². The van der Waals surface area contributed by atoms with Crippen molar-refractivity contribution in [2.75, 3.05) is 12.3 Å². The standard InChI is InChI=1S/C10H14N4O/c11-8-6-1-4-15-5-7(6)13-9(14-8)10(12)2-3-10/h1-5,12H2,(H2,11,13,14). The summed E-state index contributed by atoms with van der Waals surface area (Å²) < 4.78 is 5.35. The minimum Gasteiger partial charge on any atom is -0.383 e. The fraction of sp³-hybridized carbons (Fsp3) is 0.600. The average Bonchev–Trinajstić information content (AvgIpc) is 2.98. The van der Waals surface area contributed by atoms with Crippen LogP contribution in [0.5, 0.6) is 0 Å². The highest BCUT2D eigenvalue weighted by molar-refractivity contribution is 5.44. The van der Waals surface area contributed by atoms with Gasteiger partial charge in [0, 0.05) is 12.0 Å². The zero-order valence-electron chi connectivity index (χ0n) is 8.49. The maximum atomic E-state index is 6.05. The zero-order valence-corrected chi connectivity index (χ0v) is 8.49. The third kappa shape index (κ3) is 1.39. The van der Waals surface area contributed by atoms with E-state index >= 15 is 0 Å². The Morgan fingerprint density at radius 2 is 2.07 bits per heavy atom. The van der Waals surface area contributed by atoms with Crippen molar-refractivity contribution in [3.63, 3.8) is 0 Å². The van der Waals surface area contributed by atoms with E-state index in [1.165, 1.54) is 0 Å². The number of aromatic nitrogens is 2. The smallest absolute Gasteiger partial charge is 0.150 e. The first-order valence-corrected chi connectivity index (χ1v) is 5.21. The van der Waals surface area contributed by atoms with Crippen LogP contribution in [0.1, 0.15) is 29.9 Å². The second-order valence-electron chi connectivity index (χ2n) is 4.32. The lowest BCUT2D eigenvalue weighted by molar-refractivity contribution is 0.107. The number of hydrogen-bond acceptors (Lipinski definition) is 5. The van der Waals surface area contributed by atoms with Gasteiger partial charge in [0.1, 0.15) is 5.82 Å². The molecule has 1 aromatic heterocycles. The maximum Gasteiger partial charge on any atom is 0.150 e. The zero-order chi connectivity index (χ0) is 10.5. The van der Waals surface area contributed by atoms with Crippen molar-refractivity contribution < 1.29 is 4.74 Å². The Hall–Kier alpha value is -1.20. The van der Waals surface area contributed by atoms with E-state index in [-0.39, 0.29) is 5.54 Å². The number of nitrogen functional groups attached to an aromatic ring is 1. The summed E-state index contributed by atoms with van der Waals surface area (Å²) in [6.45, 7) is 1.23. The quantitative estimate of drug-likeness (QED) is 0.679. The van der Waals surface area contributed by atoms with Crippen LogP contribution in [0.2, 0.25) is 0 Å². The molecule has 0 radical (unpaired) electrons. The summed E-state index contributed by atoms with van der Waals surface area (Å²) >= 11 is 0. The molecule has 1 saturated carbocycles. The van der Waals surface area contributed by atoms with Gasteiger partial charge < -0.3 is 16.2 Å². The van der Waals surface area contributed by atoms with Crippen LogP contribution < -0.4 is 11.5 Å². The fourth-order valence-corrected chi connectivity index (χ4v) is 1.87. The highest BCUT2D eigenvalue weighted by atomic mass is 16.5. The van der Waals surface area contributed by atoms with Crippen LogP contribution in [0.25, 0.3) is 0 Å². The molecule has 3 rings (SSSR count). The van der Waals surface area contributed by atoms with Gasteiger partial charge in [-0.05, 0) is 12.8 Å². The number of nitrogens with zero attached hydrogens (tertiary/aromatic N) is 2. The minimum absolute atomic E-state index is 0.319. The van der Waals surface area contributed by atoms with Crippen LogP contribution in [-0.2, 0) is 23.3 Å². The molecular formula is C10H14N4O. The summed E-state index contributed by atoms with van der Waals surface area (Å²) in [6, 6.07) is 0. The number of ether oxygens (including phenoxy) is 1. The topological polar surface area (TPSA) is 87.0 Å². The van der Waals surface area contributed by atoms with Gasteiger partial charge >= 0.3 is 0 Å². The van der Waals surface area contributed by atoms with Gasteiger partial charge in [0.2, 0.25) is 0 Å². The molecule has 15 heavy (non-hydrogen) atoms. The Balaban J connectivity index is 2.08. The van der Waals surface area contributed by atoms with Crippen LogP contribution in [0, 0.1) is 0 Å². The van der Waals surface area contributed by atoms with Crippen LogP contribution in [0.15, 0.2) is 0 Å². The summed E-state index contributed by atoms with van der Waals surface area (Å²) in [5, 5.41) is 0. The van der Waals surface area contributed by atoms with Crippen molar-refractivity contribution in [3.05, 3.63) is 17.1 Å². The molecule has 0 unspecified atom stereocenters. The van der Waals surface area contributed by atoms with E-state index in [0.29, 0.717) is 24.9 Å². The third-order valence-electron chi connectivity index (χ3n) is 3.09. The number of rotatable bonds is 1. The SMILES string of the molecule is Nc1nc(C2(N)CC2)nc2c1CCOC2. The largest absolute Gasteiger partial charge is 0.383 e. The predicted molar refractivity (Wildman–Crippen MR) is 54.9 cm³/mol. The van der Waals surface area contributed by atoms with Crippen molar-refractivity contribution in [2.24, 2.45) is 5.73 Å². The van der Waals surface area contributed by atoms with E-state index in [1.807, 2.05) is 0 Å². The molecule has 1 fully saturated rings. The highest BCUT2D eigenvalue weighted by Crippen LogP contribution is 2.41. The highest BCUT2D eigenvalue weighted by Gasteiger charge is 2.43. The molecular weight excluding hydrogens is 192 g/mol. The first-order valence-electron chi connectivity index (χ1n) is 5.21. The van der Waals surface area contributed by atoms with Gasteiger partial charge in [0.15, 0.2) is 5.82 Å². The van der Waals surface area contributed by atoms with Gasteiger partial charge in [0.05, 0.1) is 24.4 Å². The Labute approximate surface area is 87.8 Å². The van der Waals surface area contributed by atoms with E-state index < -0.39 is 0 Å². The van der Waals surface area contributed by atoms with Crippen molar-refractivity contribution >= 4 is 5.82 Å². The molecule has 1 aromatic rings. The van der Waals surface area contributed by atoms with Gasteiger partial charge in [-0.25, -0.2) is 9.97 Å². The number of anilines is 1. The van der Waals surface area contributed by atoms with Crippen LogP contribution >= 0.6 is 0 Å². The second kappa shape index (κ2) is 2.90. The molecule has 0 amide bonds. The maximum absolute atomic E-state index is 6.05. The molecule has 2 aliphatic rings. The molecule has 80 valence electrons. The van der Waals surface area contributed by atoms with Gasteiger partial charge in [-0.1, -0.05) is 0 Å². The average molecular weight is 206 g/mol. The first-order chi connectivity index (χ1) is 7.19. The van der Waals surface area contributed by atoms with Gasteiger partial charge in [-0.15, -0.1) is 0 Å². The van der Waals surface area contributed by atoms with Crippen molar-refractivity contribution in [1.82, 2.24) is 9.97 Å². The minimum atomic E-state index is -0.319. The molecule has 0 bridgehead atoms. The molecule has 2 heterocycles. The Bertz CT molecular complexity index is 414. The number of nitrogens with two attached hydrogens (primary N) is 2. The Morgan fingerprint density at radius 3 is 2.80 bits per heavy atom. The van der Waals surface area contributed by atoms with E-state index in [9.17, 15) is 0 Å². The van der Waals surface area contributed by atoms with Crippen molar-refractivity contribution in [3.8, 4) is 0 Å². The summed E-state index contributed by atoms with van der Waals surface area (Å²) in [4.78, 5) is 8.77. The Morgan fingerprint density at radius 1 is 1.27 bits per heavy atom. The molecule has 5 heteroatoms. The summed E-state index contributed by atoms with van der Waals surface area (Å²) in [5.74, 6) is 1.26. The van der Waals surface area contributed by atoms with E-state index in [1.54, 1.807) is 0 Å². The van der Waals surface area contributed by atoms with Crippen LogP contribution in [0.3, 0.4) is 0 Å². The monoisotopic (exact) mass is 206 g/mol. The van der Waals surface area contributed by atoms with Crippen molar-refractivity contribution in [2.45, 2.75) is 31.4 Å². The first kappa shape index (κ1) is 9.06. The van der Waals surface area contributed by atoms with E-state index in [0.717, 1.165) is 30.5 Å². The lowest BCUT2D eigenvalue weighted by atomic mass is 10.1. The second-order valence-corrected chi connectivity index (χ2v) is 4.32. The molecule has 0 saturated heterocycles.